The molecule has 0 unspecified atom stereocenters. The number of rotatable bonds is 8. The van der Waals surface area contributed by atoms with Crippen LogP contribution < -0.4 is 9.47 Å². The normalized spacial score (nSPS) is 25.3. The van der Waals surface area contributed by atoms with E-state index in [2.05, 4.69) is 11.8 Å². The molecule has 0 radical (unpaired) electrons. The number of hydrogen-bond acceptors (Lipinski definition) is 5. The van der Waals surface area contributed by atoms with Gasteiger partial charge < -0.3 is 19.3 Å². The van der Waals surface area contributed by atoms with Gasteiger partial charge >= 0.3 is 0 Å². The minimum Gasteiger partial charge on any atom is -0.497 e. The predicted molar refractivity (Wildman–Crippen MR) is 90.2 cm³/mol. The zero-order valence-electron chi connectivity index (χ0n) is 14.5. The lowest BCUT2D eigenvalue weighted by atomic mass is 9.80. The maximum atomic E-state index is 10.7. The van der Waals surface area contributed by atoms with Gasteiger partial charge in [-0.2, -0.15) is 0 Å². The van der Waals surface area contributed by atoms with Crippen LogP contribution in [0.25, 0.3) is 0 Å². The highest BCUT2D eigenvalue weighted by molar-refractivity contribution is 5.32. The zero-order chi connectivity index (χ0) is 16.7. The van der Waals surface area contributed by atoms with Crippen LogP contribution in [-0.2, 0) is 4.74 Å². The van der Waals surface area contributed by atoms with Gasteiger partial charge in [-0.1, -0.05) is 13.0 Å². The smallest absolute Gasteiger partial charge is 0.123 e. The summed E-state index contributed by atoms with van der Waals surface area (Å²) in [6, 6.07) is 7.65. The van der Waals surface area contributed by atoms with Crippen LogP contribution in [0.3, 0.4) is 0 Å². The summed E-state index contributed by atoms with van der Waals surface area (Å²) >= 11 is 0. The van der Waals surface area contributed by atoms with Crippen molar-refractivity contribution in [3.8, 4) is 11.5 Å². The molecule has 0 aliphatic carbocycles. The quantitative estimate of drug-likeness (QED) is 0.795. The second-order valence-electron chi connectivity index (χ2n) is 6.33. The Kier molecular flexibility index (Phi) is 6.69. The van der Waals surface area contributed by atoms with E-state index in [1.807, 2.05) is 24.3 Å². The molecule has 1 heterocycles. The summed E-state index contributed by atoms with van der Waals surface area (Å²) in [7, 11) is 3.33. The Hall–Kier alpha value is -1.30. The molecule has 1 aliphatic rings. The third-order valence-corrected chi connectivity index (χ3v) is 4.77. The molecule has 130 valence electrons. The number of benzene rings is 1. The third-order valence-electron chi connectivity index (χ3n) is 4.77. The minimum absolute atomic E-state index is 0.239. The van der Waals surface area contributed by atoms with E-state index in [9.17, 15) is 5.11 Å². The molecule has 23 heavy (non-hydrogen) atoms. The average Bonchev–Trinajstić information content (AvgIpc) is 2.57. The first-order valence-electron chi connectivity index (χ1n) is 8.28. The summed E-state index contributed by atoms with van der Waals surface area (Å²) in [5, 5.41) is 10.7. The Labute approximate surface area is 139 Å². The lowest BCUT2D eigenvalue weighted by Crippen LogP contribution is -2.52. The van der Waals surface area contributed by atoms with E-state index in [0.717, 1.165) is 37.6 Å². The molecule has 2 rings (SSSR count). The number of aliphatic hydroxyl groups is 1. The van der Waals surface area contributed by atoms with Gasteiger partial charge in [0.05, 0.1) is 12.7 Å². The van der Waals surface area contributed by atoms with Crippen molar-refractivity contribution in [3.63, 3.8) is 0 Å². The number of ether oxygens (including phenoxy) is 3. The van der Waals surface area contributed by atoms with E-state index in [-0.39, 0.29) is 5.92 Å². The van der Waals surface area contributed by atoms with Crippen molar-refractivity contribution in [2.75, 3.05) is 47.1 Å². The molecule has 1 aromatic carbocycles. The number of nitrogens with zero attached hydrogens (tertiary/aromatic N) is 1. The monoisotopic (exact) mass is 323 g/mol. The second kappa shape index (κ2) is 8.52. The van der Waals surface area contributed by atoms with Crippen LogP contribution in [0.4, 0.5) is 0 Å². The molecule has 0 spiro atoms. The Bertz CT molecular complexity index is 482. The number of methoxy groups -OCH3 is 2. The lowest BCUT2D eigenvalue weighted by molar-refractivity contribution is -0.0823. The van der Waals surface area contributed by atoms with Crippen molar-refractivity contribution < 1.29 is 19.3 Å². The summed E-state index contributed by atoms with van der Waals surface area (Å²) in [5.74, 6) is 1.87. The highest BCUT2D eigenvalue weighted by Crippen LogP contribution is 2.30. The zero-order valence-corrected chi connectivity index (χ0v) is 14.5. The number of hydrogen-bond donors (Lipinski definition) is 1. The van der Waals surface area contributed by atoms with Crippen molar-refractivity contribution in [1.29, 1.82) is 0 Å². The Balaban J connectivity index is 1.75. The van der Waals surface area contributed by atoms with Crippen LogP contribution in [-0.4, -0.2) is 62.7 Å². The lowest BCUT2D eigenvalue weighted by Gasteiger charge is -2.43. The van der Waals surface area contributed by atoms with Crippen LogP contribution in [0.2, 0.25) is 0 Å². The first-order valence-corrected chi connectivity index (χ1v) is 8.28. The SMILES string of the molecule is COCC[C@]1(O)CCN(CCOc2cccc(OC)c2)C[C@H]1C. The van der Waals surface area contributed by atoms with E-state index >= 15 is 0 Å². The van der Waals surface area contributed by atoms with E-state index in [4.69, 9.17) is 14.2 Å². The van der Waals surface area contributed by atoms with E-state index in [0.29, 0.717) is 19.6 Å². The van der Waals surface area contributed by atoms with Crippen LogP contribution in [0.15, 0.2) is 24.3 Å². The Morgan fingerprint density at radius 2 is 2.04 bits per heavy atom. The average molecular weight is 323 g/mol. The highest BCUT2D eigenvalue weighted by atomic mass is 16.5. The fourth-order valence-corrected chi connectivity index (χ4v) is 3.08. The van der Waals surface area contributed by atoms with Gasteiger partial charge in [-0.05, 0) is 30.9 Å². The van der Waals surface area contributed by atoms with Gasteiger partial charge in [-0.25, -0.2) is 0 Å². The fraction of sp³-hybridized carbons (Fsp3) is 0.667. The molecule has 1 aliphatic heterocycles. The largest absolute Gasteiger partial charge is 0.497 e. The Morgan fingerprint density at radius 3 is 2.74 bits per heavy atom. The molecule has 1 aromatic rings. The summed E-state index contributed by atoms with van der Waals surface area (Å²) < 4.78 is 16.1. The number of likely N-dealkylation sites (tertiary alicyclic amines) is 1. The summed E-state index contributed by atoms with van der Waals surface area (Å²) in [4.78, 5) is 2.35. The molecule has 0 amide bonds. The van der Waals surface area contributed by atoms with Gasteiger partial charge in [0.1, 0.15) is 18.1 Å². The molecule has 1 saturated heterocycles. The highest BCUT2D eigenvalue weighted by Gasteiger charge is 2.38. The molecule has 0 aromatic heterocycles. The van der Waals surface area contributed by atoms with Gasteiger partial charge in [0.2, 0.25) is 0 Å². The standard InChI is InChI=1S/C18H29NO4/c1-15-14-19(9-7-18(15,20)8-11-21-2)10-12-23-17-6-4-5-16(13-17)22-3/h4-6,13,15,20H,7-12,14H2,1-3H3/t15-,18-/m1/s1. The summed E-state index contributed by atoms with van der Waals surface area (Å²) in [6.07, 6.45) is 1.50. The molecule has 1 N–H and O–H groups in total. The molecule has 5 heteroatoms. The number of piperidine rings is 1. The van der Waals surface area contributed by atoms with Crippen molar-refractivity contribution in [2.24, 2.45) is 5.92 Å². The minimum atomic E-state index is -0.597. The molecule has 0 bridgehead atoms. The van der Waals surface area contributed by atoms with Crippen LogP contribution in [0.5, 0.6) is 11.5 Å². The predicted octanol–water partition coefficient (Wildman–Crippen LogP) is 2.18. The van der Waals surface area contributed by atoms with E-state index < -0.39 is 5.60 Å². The molecule has 1 fully saturated rings. The molecule has 0 saturated carbocycles. The van der Waals surface area contributed by atoms with E-state index in [1.54, 1.807) is 14.2 Å². The van der Waals surface area contributed by atoms with Crippen molar-refractivity contribution in [3.05, 3.63) is 24.3 Å². The Morgan fingerprint density at radius 1 is 1.26 bits per heavy atom. The van der Waals surface area contributed by atoms with Crippen LogP contribution >= 0.6 is 0 Å². The summed E-state index contributed by atoms with van der Waals surface area (Å²) in [6.45, 7) is 6.01. The maximum Gasteiger partial charge on any atom is 0.123 e. The van der Waals surface area contributed by atoms with Crippen molar-refractivity contribution in [1.82, 2.24) is 4.90 Å². The molecular weight excluding hydrogens is 294 g/mol. The van der Waals surface area contributed by atoms with Gasteiger partial charge in [0, 0.05) is 39.4 Å². The molecular formula is C18H29NO4. The van der Waals surface area contributed by atoms with E-state index in [1.165, 1.54) is 0 Å². The second-order valence-corrected chi connectivity index (χ2v) is 6.33. The fourth-order valence-electron chi connectivity index (χ4n) is 3.08. The van der Waals surface area contributed by atoms with Gasteiger partial charge in [0.25, 0.3) is 0 Å². The van der Waals surface area contributed by atoms with Crippen LogP contribution in [0.1, 0.15) is 19.8 Å². The van der Waals surface area contributed by atoms with Crippen molar-refractivity contribution in [2.45, 2.75) is 25.4 Å². The first-order chi connectivity index (χ1) is 11.1. The van der Waals surface area contributed by atoms with Gasteiger partial charge in [-0.3, -0.25) is 4.90 Å². The third kappa shape index (κ3) is 5.09. The molecule has 2 atom stereocenters. The first kappa shape index (κ1) is 18.0. The van der Waals surface area contributed by atoms with Crippen LogP contribution in [0, 0.1) is 5.92 Å². The maximum absolute atomic E-state index is 10.7. The van der Waals surface area contributed by atoms with Crippen molar-refractivity contribution >= 4 is 0 Å². The summed E-state index contributed by atoms with van der Waals surface area (Å²) in [5.41, 5.74) is -0.597. The topological polar surface area (TPSA) is 51.2 Å². The van der Waals surface area contributed by atoms with Gasteiger partial charge in [-0.15, -0.1) is 0 Å². The molecule has 5 nitrogen and oxygen atoms in total. The van der Waals surface area contributed by atoms with Gasteiger partial charge in [0.15, 0.2) is 0 Å².